The van der Waals surface area contributed by atoms with Crippen LogP contribution < -0.4 is 4.74 Å². The molecule has 1 aromatic carbocycles. The van der Waals surface area contributed by atoms with Crippen molar-refractivity contribution in [1.29, 1.82) is 5.26 Å². The molecule has 0 atom stereocenters. The molecule has 0 radical (unpaired) electrons. The minimum absolute atomic E-state index is 0.0851. The highest BCUT2D eigenvalue weighted by Crippen LogP contribution is 2.32. The minimum Gasteiger partial charge on any atom is -0.462 e. The number of nitriles is 1. The van der Waals surface area contributed by atoms with E-state index in [4.69, 9.17) is 10.00 Å². The molecule has 18 heavy (non-hydrogen) atoms. The Morgan fingerprint density at radius 2 is 2.22 bits per heavy atom. The third kappa shape index (κ3) is 3.40. The van der Waals surface area contributed by atoms with E-state index in [9.17, 15) is 13.6 Å². The van der Waals surface area contributed by atoms with Crippen LogP contribution in [0, 0.1) is 11.3 Å². The fourth-order valence-corrected chi connectivity index (χ4v) is 1.77. The monoisotopic (exact) mass is 319 g/mol. The molecule has 0 saturated heterocycles. The molecule has 0 fully saturated rings. The number of benzene rings is 1. The van der Waals surface area contributed by atoms with Crippen LogP contribution >= 0.6 is 15.9 Å². The molecule has 0 aliphatic heterocycles. The first-order chi connectivity index (χ1) is 8.49. The zero-order chi connectivity index (χ0) is 13.7. The van der Waals surface area contributed by atoms with Crippen molar-refractivity contribution in [3.63, 3.8) is 0 Å². The van der Waals surface area contributed by atoms with Crippen LogP contribution in [-0.2, 0) is 4.74 Å². The summed E-state index contributed by atoms with van der Waals surface area (Å²) in [6, 6.07) is 4.08. The predicted octanol–water partition coefficient (Wildman–Crippen LogP) is 3.10. The summed E-state index contributed by atoms with van der Waals surface area (Å²) in [4.78, 5) is 11.5. The quantitative estimate of drug-likeness (QED) is 0.800. The van der Waals surface area contributed by atoms with Crippen molar-refractivity contribution >= 4 is 21.9 Å². The van der Waals surface area contributed by atoms with Gasteiger partial charge in [0.2, 0.25) is 0 Å². The van der Waals surface area contributed by atoms with Gasteiger partial charge >= 0.3 is 12.6 Å². The number of nitrogens with zero attached hydrogens (tertiary/aromatic N) is 1. The van der Waals surface area contributed by atoms with E-state index in [0.29, 0.717) is 0 Å². The highest BCUT2D eigenvalue weighted by Gasteiger charge is 2.18. The van der Waals surface area contributed by atoms with Crippen LogP contribution in [0.25, 0.3) is 0 Å². The van der Waals surface area contributed by atoms with E-state index >= 15 is 0 Å². The number of ether oxygens (including phenoxy) is 2. The summed E-state index contributed by atoms with van der Waals surface area (Å²) in [7, 11) is 0. The molecular formula is C11H8BrF2NO3. The van der Waals surface area contributed by atoms with Crippen LogP contribution in [0.4, 0.5) is 8.78 Å². The number of halogens is 3. The third-order valence-electron chi connectivity index (χ3n) is 1.88. The van der Waals surface area contributed by atoms with Crippen LogP contribution in [0.2, 0.25) is 0 Å². The second-order valence-corrected chi connectivity index (χ2v) is 3.90. The summed E-state index contributed by atoms with van der Waals surface area (Å²) in [6.07, 6.45) is 0. The van der Waals surface area contributed by atoms with E-state index in [1.54, 1.807) is 13.0 Å². The Morgan fingerprint density at radius 1 is 1.56 bits per heavy atom. The molecule has 0 bridgehead atoms. The van der Waals surface area contributed by atoms with Crippen molar-refractivity contribution < 1.29 is 23.0 Å². The summed E-state index contributed by atoms with van der Waals surface area (Å²) >= 11 is 2.97. The number of rotatable bonds is 4. The summed E-state index contributed by atoms with van der Waals surface area (Å²) in [5.41, 5.74) is -0.0883. The van der Waals surface area contributed by atoms with Gasteiger partial charge in [-0.2, -0.15) is 14.0 Å². The molecule has 0 unspecified atom stereocenters. The molecule has 0 N–H and O–H groups in total. The van der Waals surface area contributed by atoms with Crippen LogP contribution in [-0.4, -0.2) is 19.2 Å². The van der Waals surface area contributed by atoms with Gasteiger partial charge in [-0.3, -0.25) is 0 Å². The number of hydrogen-bond acceptors (Lipinski definition) is 4. The largest absolute Gasteiger partial charge is 0.462 e. The van der Waals surface area contributed by atoms with Gasteiger partial charge in [0.1, 0.15) is 6.07 Å². The van der Waals surface area contributed by atoms with Gasteiger partial charge in [-0.25, -0.2) is 4.79 Å². The molecule has 1 aromatic rings. The molecule has 0 aromatic heterocycles. The van der Waals surface area contributed by atoms with Crippen LogP contribution in [0.1, 0.15) is 22.8 Å². The van der Waals surface area contributed by atoms with Crippen LogP contribution in [0.5, 0.6) is 5.75 Å². The summed E-state index contributed by atoms with van der Waals surface area (Å²) in [6.45, 7) is -1.25. The average molecular weight is 320 g/mol. The maximum absolute atomic E-state index is 12.2. The first-order valence-electron chi connectivity index (χ1n) is 4.85. The van der Waals surface area contributed by atoms with Gasteiger partial charge in [0.15, 0.2) is 5.75 Å². The lowest BCUT2D eigenvalue weighted by Crippen LogP contribution is -2.08. The lowest BCUT2D eigenvalue weighted by atomic mass is 10.1. The van der Waals surface area contributed by atoms with E-state index in [2.05, 4.69) is 20.7 Å². The lowest BCUT2D eigenvalue weighted by Gasteiger charge is -2.10. The van der Waals surface area contributed by atoms with Crippen molar-refractivity contribution in [3.05, 3.63) is 27.7 Å². The maximum atomic E-state index is 12.2. The van der Waals surface area contributed by atoms with E-state index in [-0.39, 0.29) is 28.0 Å². The van der Waals surface area contributed by atoms with Crippen molar-refractivity contribution in [2.45, 2.75) is 13.5 Å². The van der Waals surface area contributed by atoms with E-state index < -0.39 is 12.6 Å². The highest BCUT2D eigenvalue weighted by molar-refractivity contribution is 9.10. The Kier molecular flexibility index (Phi) is 5.04. The van der Waals surface area contributed by atoms with Crippen molar-refractivity contribution in [3.8, 4) is 11.8 Å². The third-order valence-corrected chi connectivity index (χ3v) is 2.47. The molecule has 4 nitrogen and oxygen atoms in total. The molecular weight excluding hydrogens is 312 g/mol. The van der Waals surface area contributed by atoms with Crippen molar-refractivity contribution in [2.24, 2.45) is 0 Å². The normalized spacial score (nSPS) is 10.0. The zero-order valence-electron chi connectivity index (χ0n) is 9.25. The van der Waals surface area contributed by atoms with E-state index in [0.717, 1.165) is 6.07 Å². The Morgan fingerprint density at radius 3 is 2.72 bits per heavy atom. The van der Waals surface area contributed by atoms with Gasteiger partial charge in [-0.1, -0.05) is 0 Å². The Bertz CT molecular complexity index is 500. The van der Waals surface area contributed by atoms with E-state index in [1.807, 2.05) is 0 Å². The molecule has 0 amide bonds. The SMILES string of the molecule is CCOC(=O)c1cc(Br)c(OC(F)F)c(C#N)c1. The van der Waals surface area contributed by atoms with Gasteiger partial charge in [-0.05, 0) is 35.0 Å². The predicted molar refractivity (Wildman–Crippen MR) is 61.4 cm³/mol. The lowest BCUT2D eigenvalue weighted by molar-refractivity contribution is -0.0505. The summed E-state index contributed by atoms with van der Waals surface area (Å²) in [5, 5.41) is 8.84. The van der Waals surface area contributed by atoms with Crippen LogP contribution in [0.15, 0.2) is 16.6 Å². The fourth-order valence-electron chi connectivity index (χ4n) is 1.22. The molecule has 7 heteroatoms. The molecule has 0 aliphatic carbocycles. The molecule has 0 aliphatic rings. The average Bonchev–Trinajstić information content (AvgIpc) is 2.31. The van der Waals surface area contributed by atoms with Gasteiger partial charge in [-0.15, -0.1) is 0 Å². The van der Waals surface area contributed by atoms with Crippen LogP contribution in [0.3, 0.4) is 0 Å². The van der Waals surface area contributed by atoms with E-state index in [1.165, 1.54) is 6.07 Å². The standard InChI is InChI=1S/C11H8BrF2NO3/c1-2-17-10(16)6-3-7(5-15)9(8(12)4-6)18-11(13)14/h3-4,11H,2H2,1H3. The van der Waals surface area contributed by atoms with Gasteiger partial charge in [0.05, 0.1) is 22.2 Å². The number of hydrogen-bond donors (Lipinski definition) is 0. The summed E-state index contributed by atoms with van der Waals surface area (Å²) in [5.74, 6) is -0.946. The van der Waals surface area contributed by atoms with Crippen molar-refractivity contribution in [1.82, 2.24) is 0 Å². The molecule has 96 valence electrons. The molecule has 0 saturated carbocycles. The topological polar surface area (TPSA) is 59.3 Å². The number of alkyl halides is 2. The zero-order valence-corrected chi connectivity index (χ0v) is 10.8. The van der Waals surface area contributed by atoms with Gasteiger partial charge < -0.3 is 9.47 Å². The minimum atomic E-state index is -3.05. The molecule has 1 rings (SSSR count). The molecule has 0 spiro atoms. The van der Waals surface area contributed by atoms with Gasteiger partial charge in [0, 0.05) is 0 Å². The first kappa shape index (κ1) is 14.4. The number of carbonyl (C=O) groups is 1. The number of esters is 1. The fraction of sp³-hybridized carbons (Fsp3) is 0.273. The Hall–Kier alpha value is -1.68. The smallest absolute Gasteiger partial charge is 0.387 e. The Balaban J connectivity index is 3.19. The van der Waals surface area contributed by atoms with Gasteiger partial charge in [0.25, 0.3) is 0 Å². The molecule has 0 heterocycles. The van der Waals surface area contributed by atoms with Crippen molar-refractivity contribution in [2.75, 3.05) is 6.61 Å². The maximum Gasteiger partial charge on any atom is 0.387 e. The number of carbonyl (C=O) groups excluding carboxylic acids is 1. The second-order valence-electron chi connectivity index (χ2n) is 3.05. The first-order valence-corrected chi connectivity index (χ1v) is 5.64. The Labute approximate surface area is 110 Å². The summed E-state index contributed by atoms with van der Waals surface area (Å²) < 4.78 is 33.3. The highest BCUT2D eigenvalue weighted by atomic mass is 79.9. The second kappa shape index (κ2) is 6.31.